The molecule has 0 aromatic carbocycles. The molecular weight excluding hydrogens is 277 g/mol. The number of aldehydes is 1. The van der Waals surface area contributed by atoms with Crippen molar-refractivity contribution in [2.45, 2.75) is 12.1 Å². The Morgan fingerprint density at radius 3 is 2.32 bits per heavy atom. The molecule has 0 amide bonds. The first-order valence-corrected chi connectivity index (χ1v) is 4.63. The van der Waals surface area contributed by atoms with Crippen molar-refractivity contribution in [1.82, 2.24) is 14.7 Å². The van der Waals surface area contributed by atoms with Gasteiger partial charge in [-0.05, 0) is 0 Å². The van der Waals surface area contributed by atoms with E-state index in [9.17, 15) is 26.7 Å². The van der Waals surface area contributed by atoms with E-state index in [1.165, 1.54) is 7.05 Å². The van der Waals surface area contributed by atoms with Gasteiger partial charge in [0.15, 0.2) is 17.1 Å². The van der Waals surface area contributed by atoms with E-state index in [4.69, 9.17) is 0 Å². The summed E-state index contributed by atoms with van der Waals surface area (Å²) in [6.07, 6.45) is -6.06. The van der Waals surface area contributed by atoms with Gasteiger partial charge < -0.3 is 0 Å². The van der Waals surface area contributed by atoms with Crippen molar-refractivity contribution in [2.75, 3.05) is 7.05 Å². The van der Waals surface area contributed by atoms with E-state index in [0.29, 0.717) is 4.68 Å². The zero-order valence-corrected chi connectivity index (χ0v) is 9.61. The molecule has 0 bridgehead atoms. The fourth-order valence-corrected chi connectivity index (χ4v) is 1.21. The van der Waals surface area contributed by atoms with Gasteiger partial charge in [-0.25, -0.2) is 4.68 Å². The third-order valence-electron chi connectivity index (χ3n) is 2.05. The average Bonchev–Trinajstić information content (AvgIpc) is 2.62. The van der Waals surface area contributed by atoms with Crippen LogP contribution in [-0.4, -0.2) is 29.3 Å². The number of hydrogen-bond donors (Lipinski definition) is 0. The fraction of sp³-hybridized carbons (Fsp3) is 0.500. The zero-order chi connectivity index (χ0) is 14.8. The van der Waals surface area contributed by atoms with Crippen molar-refractivity contribution in [3.63, 3.8) is 0 Å². The highest BCUT2D eigenvalue weighted by Crippen LogP contribution is 2.45. The summed E-state index contributed by atoms with van der Waals surface area (Å²) in [5.74, 6) is -5.81. The molecule has 0 saturated heterocycles. The second-order valence-electron chi connectivity index (χ2n) is 3.29. The standard InChI is InChI=1S/C8H7F5N5O/c1-14-17-15-6-4(3-19)5(16-18(6)2)7(9,10)8(11,12)13/h3H,1-2H3/q+1. The van der Waals surface area contributed by atoms with Crippen LogP contribution in [0.25, 0.3) is 0 Å². The van der Waals surface area contributed by atoms with E-state index >= 15 is 0 Å². The molecule has 104 valence electrons. The van der Waals surface area contributed by atoms with E-state index in [-0.39, 0.29) is 6.29 Å². The molecule has 0 aliphatic carbocycles. The number of halogens is 5. The van der Waals surface area contributed by atoms with Crippen LogP contribution in [0.2, 0.25) is 0 Å². The second kappa shape index (κ2) is 4.84. The third kappa shape index (κ3) is 2.50. The molecular formula is C8H7F5N5O+. The minimum Gasteiger partial charge on any atom is -0.298 e. The van der Waals surface area contributed by atoms with Gasteiger partial charge >= 0.3 is 12.1 Å². The van der Waals surface area contributed by atoms with Crippen LogP contribution in [0.4, 0.5) is 27.8 Å². The molecule has 1 aromatic rings. The summed E-state index contributed by atoms with van der Waals surface area (Å²) in [5, 5.41) is 9.39. The minimum absolute atomic E-state index is 0.188. The van der Waals surface area contributed by atoms with E-state index in [2.05, 4.69) is 20.2 Å². The lowest BCUT2D eigenvalue weighted by Gasteiger charge is -2.17. The monoisotopic (exact) mass is 284 g/mol. The van der Waals surface area contributed by atoms with Gasteiger partial charge in [0.05, 0.1) is 5.56 Å². The van der Waals surface area contributed by atoms with Crippen molar-refractivity contribution < 1.29 is 26.7 Å². The van der Waals surface area contributed by atoms with Gasteiger partial charge in [-0.1, -0.05) is 0 Å². The molecule has 11 heteroatoms. The molecule has 0 fully saturated rings. The van der Waals surface area contributed by atoms with Gasteiger partial charge in [0, 0.05) is 7.05 Å². The SMILES string of the molecule is CN=[N+]=Nc1c(C=O)c(C(F)(F)C(F)(F)F)nn1C. The van der Waals surface area contributed by atoms with Crippen LogP contribution in [-0.2, 0) is 13.0 Å². The van der Waals surface area contributed by atoms with Gasteiger partial charge in [0.2, 0.25) is 4.91 Å². The third-order valence-corrected chi connectivity index (χ3v) is 2.05. The van der Waals surface area contributed by atoms with Gasteiger partial charge in [-0.15, -0.1) is 0 Å². The largest absolute Gasteiger partial charge is 0.459 e. The maximum atomic E-state index is 13.2. The molecule has 0 unspecified atom stereocenters. The first-order chi connectivity index (χ1) is 8.66. The highest BCUT2D eigenvalue weighted by atomic mass is 19.4. The van der Waals surface area contributed by atoms with E-state index in [1.54, 1.807) is 0 Å². The Morgan fingerprint density at radius 1 is 1.32 bits per heavy atom. The van der Waals surface area contributed by atoms with Crippen molar-refractivity contribution in [3.05, 3.63) is 11.3 Å². The van der Waals surface area contributed by atoms with Crippen molar-refractivity contribution in [1.29, 1.82) is 0 Å². The second-order valence-corrected chi connectivity index (χ2v) is 3.29. The van der Waals surface area contributed by atoms with Gasteiger partial charge in [-0.3, -0.25) is 4.79 Å². The van der Waals surface area contributed by atoms with Crippen molar-refractivity contribution in [2.24, 2.45) is 17.3 Å². The van der Waals surface area contributed by atoms with Crippen molar-refractivity contribution in [3.8, 4) is 0 Å². The lowest BCUT2D eigenvalue weighted by Crippen LogP contribution is -2.35. The number of aromatic nitrogens is 2. The predicted molar refractivity (Wildman–Crippen MR) is 51.1 cm³/mol. The lowest BCUT2D eigenvalue weighted by atomic mass is 10.1. The molecule has 0 N–H and O–H groups in total. The zero-order valence-electron chi connectivity index (χ0n) is 9.61. The van der Waals surface area contributed by atoms with E-state index in [0.717, 1.165) is 7.05 Å². The molecule has 0 radical (unpaired) electrons. The molecule has 0 aliphatic heterocycles. The lowest BCUT2D eigenvalue weighted by molar-refractivity contribution is -0.291. The average molecular weight is 284 g/mol. The summed E-state index contributed by atoms with van der Waals surface area (Å²) in [4.78, 5) is 13.8. The normalized spacial score (nSPS) is 11.9. The van der Waals surface area contributed by atoms with Crippen LogP contribution in [0.5, 0.6) is 0 Å². The van der Waals surface area contributed by atoms with Crippen LogP contribution < -0.4 is 4.91 Å². The molecule has 19 heavy (non-hydrogen) atoms. The first kappa shape index (κ1) is 14.9. The number of hydrogen-bond acceptors (Lipinski definition) is 4. The maximum absolute atomic E-state index is 13.2. The van der Waals surface area contributed by atoms with Gasteiger partial charge in [0.1, 0.15) is 12.2 Å². The molecule has 1 aromatic heterocycles. The molecule has 0 spiro atoms. The Kier molecular flexibility index (Phi) is 3.80. The van der Waals surface area contributed by atoms with Crippen LogP contribution in [0.3, 0.4) is 0 Å². The summed E-state index contributed by atoms with van der Waals surface area (Å²) in [7, 11) is 2.25. The number of rotatable bonds is 3. The molecule has 0 saturated carbocycles. The number of alkyl halides is 5. The number of nitrogens with zero attached hydrogens (tertiary/aromatic N) is 5. The Bertz CT molecular complexity index is 555. The molecule has 0 atom stereocenters. The smallest absolute Gasteiger partial charge is 0.298 e. The molecule has 1 heterocycles. The highest BCUT2D eigenvalue weighted by Gasteiger charge is 2.62. The molecule has 0 aliphatic rings. The number of aryl methyl sites for hydroxylation is 1. The van der Waals surface area contributed by atoms with Crippen LogP contribution >= 0.6 is 0 Å². The Morgan fingerprint density at radius 2 is 1.89 bits per heavy atom. The topological polar surface area (TPSA) is 73.7 Å². The first-order valence-electron chi connectivity index (χ1n) is 4.63. The predicted octanol–water partition coefficient (Wildman–Crippen LogP) is 2.12. The summed E-state index contributed by atoms with van der Waals surface area (Å²) in [5.41, 5.74) is -2.71. The summed E-state index contributed by atoms with van der Waals surface area (Å²) >= 11 is 0. The molecule has 1 rings (SSSR count). The Hall–Kier alpha value is -2.16. The Balaban J connectivity index is 3.56. The Labute approximate surface area is 102 Å². The van der Waals surface area contributed by atoms with Gasteiger partial charge in [-0.2, -0.15) is 27.1 Å². The van der Waals surface area contributed by atoms with Crippen LogP contribution in [0.15, 0.2) is 10.2 Å². The van der Waals surface area contributed by atoms with E-state index < -0.39 is 29.2 Å². The number of carbonyl (C=O) groups excluding carboxylic acids is 1. The van der Waals surface area contributed by atoms with E-state index in [1.807, 2.05) is 0 Å². The minimum atomic E-state index is -5.87. The fourth-order valence-electron chi connectivity index (χ4n) is 1.21. The summed E-state index contributed by atoms with van der Waals surface area (Å²) in [6.45, 7) is 0. The highest BCUT2D eigenvalue weighted by molar-refractivity contribution is 5.83. The summed E-state index contributed by atoms with van der Waals surface area (Å²) < 4.78 is 63.7. The van der Waals surface area contributed by atoms with Crippen molar-refractivity contribution >= 4 is 12.1 Å². The molecule has 6 nitrogen and oxygen atoms in total. The quantitative estimate of drug-likeness (QED) is 0.369. The van der Waals surface area contributed by atoms with Gasteiger partial charge in [0.25, 0.3) is 5.82 Å². The van der Waals surface area contributed by atoms with Crippen LogP contribution in [0, 0.1) is 0 Å². The van der Waals surface area contributed by atoms with Crippen LogP contribution in [0.1, 0.15) is 16.1 Å². The summed E-state index contributed by atoms with van der Waals surface area (Å²) in [6, 6.07) is 0. The number of carbonyl (C=O) groups is 1. The maximum Gasteiger partial charge on any atom is 0.459 e.